The molecule has 3 aromatic carbocycles. The van der Waals surface area contributed by atoms with Crippen molar-refractivity contribution in [2.24, 2.45) is 0 Å². The summed E-state index contributed by atoms with van der Waals surface area (Å²) in [5.74, 6) is 0. The van der Waals surface area contributed by atoms with Gasteiger partial charge in [-0.3, -0.25) is 0 Å². The molecule has 0 amide bonds. The van der Waals surface area contributed by atoms with Gasteiger partial charge in [-0.15, -0.1) is 4.31 Å². The molecule has 132 valence electrons. The number of sulfonamides is 1. The lowest BCUT2D eigenvalue weighted by Crippen LogP contribution is -2.21. The van der Waals surface area contributed by atoms with E-state index >= 15 is 0 Å². The maximum Gasteiger partial charge on any atom is 0.246 e. The molecule has 0 saturated carbocycles. The molecule has 1 N–H and O–H groups in total. The third-order valence-corrected chi connectivity index (χ3v) is 6.65. The molecule has 26 heavy (non-hydrogen) atoms. The summed E-state index contributed by atoms with van der Waals surface area (Å²) in [4.78, 5) is 0.177. The van der Waals surface area contributed by atoms with Crippen molar-refractivity contribution in [2.75, 3.05) is 0 Å². The molecular formula is C21H19NO3S. The first-order valence-corrected chi connectivity index (χ1v) is 9.84. The average molecular weight is 365 g/mol. The molecule has 0 aromatic heterocycles. The SMILES string of the molecule is Cc1ccc(S(=O)(=O)N2[C@H](c3ccccc3)[C@]2(O)c2ccccc2)cc1. The van der Waals surface area contributed by atoms with Gasteiger partial charge in [0.1, 0.15) is 6.04 Å². The average Bonchev–Trinajstić information content (AvgIpc) is 3.32. The van der Waals surface area contributed by atoms with Gasteiger partial charge in [-0.1, -0.05) is 78.4 Å². The molecule has 1 aliphatic rings. The van der Waals surface area contributed by atoms with E-state index in [1.54, 1.807) is 48.5 Å². The summed E-state index contributed by atoms with van der Waals surface area (Å²) in [7, 11) is -3.85. The molecule has 0 aliphatic carbocycles. The van der Waals surface area contributed by atoms with Crippen LogP contribution in [0.4, 0.5) is 0 Å². The Morgan fingerprint density at radius 1 is 0.846 bits per heavy atom. The summed E-state index contributed by atoms with van der Waals surface area (Å²) in [5.41, 5.74) is 0.707. The second-order valence-electron chi connectivity index (χ2n) is 6.52. The third kappa shape index (κ3) is 2.56. The van der Waals surface area contributed by atoms with Crippen molar-refractivity contribution in [1.82, 2.24) is 4.31 Å². The summed E-state index contributed by atoms with van der Waals surface area (Å²) < 4.78 is 27.7. The van der Waals surface area contributed by atoms with Gasteiger partial charge in [-0.05, 0) is 24.6 Å². The van der Waals surface area contributed by atoms with E-state index in [4.69, 9.17) is 0 Å². The first kappa shape index (κ1) is 17.0. The predicted octanol–water partition coefficient (Wildman–Crippen LogP) is 3.59. The molecule has 3 atom stereocenters. The number of aliphatic hydroxyl groups is 1. The molecular weight excluding hydrogens is 346 g/mol. The highest BCUT2D eigenvalue weighted by Crippen LogP contribution is 2.60. The van der Waals surface area contributed by atoms with Crippen LogP contribution in [-0.4, -0.2) is 17.8 Å². The standard InChI is InChI=1S/C21H19NO3S/c1-16-12-14-19(15-13-16)26(24,25)22-20(17-8-4-2-5-9-17)21(22,23)18-10-6-3-7-11-18/h2-15,20,23H,1H3/t20-,21-,22?/m1/s1. The fourth-order valence-corrected chi connectivity index (χ4v) is 5.15. The van der Waals surface area contributed by atoms with Crippen molar-refractivity contribution in [3.05, 3.63) is 102 Å². The molecule has 3 aromatic rings. The lowest BCUT2D eigenvalue weighted by Gasteiger charge is -2.12. The van der Waals surface area contributed by atoms with Crippen LogP contribution >= 0.6 is 0 Å². The Balaban J connectivity index is 1.84. The number of nitrogens with zero attached hydrogens (tertiary/aromatic N) is 1. The van der Waals surface area contributed by atoms with Gasteiger partial charge in [0, 0.05) is 5.56 Å². The van der Waals surface area contributed by atoms with Crippen LogP contribution in [0.25, 0.3) is 0 Å². The van der Waals surface area contributed by atoms with Crippen molar-refractivity contribution in [2.45, 2.75) is 23.6 Å². The van der Waals surface area contributed by atoms with E-state index in [0.29, 0.717) is 5.56 Å². The van der Waals surface area contributed by atoms with E-state index in [1.807, 2.05) is 43.3 Å². The highest BCUT2D eigenvalue weighted by Gasteiger charge is 2.69. The lowest BCUT2D eigenvalue weighted by molar-refractivity contribution is 0.109. The molecule has 4 nitrogen and oxygen atoms in total. The second-order valence-corrected chi connectivity index (χ2v) is 8.33. The third-order valence-electron chi connectivity index (χ3n) is 4.78. The minimum absolute atomic E-state index is 0.177. The topological polar surface area (TPSA) is 57.4 Å². The molecule has 0 bridgehead atoms. The normalized spacial score (nSPS) is 25.0. The highest BCUT2D eigenvalue weighted by molar-refractivity contribution is 7.89. The quantitative estimate of drug-likeness (QED) is 0.719. The van der Waals surface area contributed by atoms with Gasteiger partial charge in [0.2, 0.25) is 10.0 Å². The molecule has 1 aliphatic heterocycles. The van der Waals surface area contributed by atoms with E-state index < -0.39 is 21.8 Å². The second kappa shape index (κ2) is 6.06. The number of hydrogen-bond acceptors (Lipinski definition) is 3. The van der Waals surface area contributed by atoms with Gasteiger partial charge < -0.3 is 5.11 Å². The zero-order valence-electron chi connectivity index (χ0n) is 14.3. The van der Waals surface area contributed by atoms with Crippen LogP contribution in [0.1, 0.15) is 22.7 Å². The van der Waals surface area contributed by atoms with Crippen LogP contribution < -0.4 is 0 Å². The van der Waals surface area contributed by atoms with Crippen molar-refractivity contribution in [1.29, 1.82) is 0 Å². The summed E-state index contributed by atoms with van der Waals surface area (Å²) in [6, 6.07) is 24.2. The molecule has 5 heteroatoms. The Hall–Kier alpha value is -2.47. The van der Waals surface area contributed by atoms with E-state index in [0.717, 1.165) is 11.1 Å². The summed E-state index contributed by atoms with van der Waals surface area (Å²) in [5, 5.41) is 11.4. The minimum Gasteiger partial charge on any atom is -0.369 e. The fourth-order valence-electron chi connectivity index (χ4n) is 3.38. The van der Waals surface area contributed by atoms with Crippen molar-refractivity contribution >= 4 is 10.0 Å². The molecule has 0 radical (unpaired) electrons. The van der Waals surface area contributed by atoms with Gasteiger partial charge in [-0.2, -0.15) is 0 Å². The van der Waals surface area contributed by atoms with Crippen molar-refractivity contribution < 1.29 is 13.5 Å². The molecule has 1 saturated heterocycles. The number of benzene rings is 3. The number of rotatable bonds is 4. The maximum absolute atomic E-state index is 13.2. The highest BCUT2D eigenvalue weighted by atomic mass is 32.2. The molecule has 1 unspecified atom stereocenters. The maximum atomic E-state index is 13.2. The Labute approximate surface area is 153 Å². The van der Waals surface area contributed by atoms with E-state index in [-0.39, 0.29) is 4.90 Å². The molecule has 4 rings (SSSR count). The smallest absolute Gasteiger partial charge is 0.246 e. The van der Waals surface area contributed by atoms with Crippen LogP contribution in [0.15, 0.2) is 89.8 Å². The monoisotopic (exact) mass is 365 g/mol. The summed E-state index contributed by atoms with van der Waals surface area (Å²) >= 11 is 0. The Kier molecular flexibility index (Phi) is 3.95. The van der Waals surface area contributed by atoms with Gasteiger partial charge in [0.25, 0.3) is 0 Å². The van der Waals surface area contributed by atoms with Gasteiger partial charge in [0.15, 0.2) is 5.72 Å². The zero-order chi connectivity index (χ0) is 18.4. The Morgan fingerprint density at radius 3 is 1.96 bits per heavy atom. The summed E-state index contributed by atoms with van der Waals surface area (Å²) in [6.45, 7) is 1.90. The largest absolute Gasteiger partial charge is 0.369 e. The molecule has 1 fully saturated rings. The first-order chi connectivity index (χ1) is 12.5. The van der Waals surface area contributed by atoms with Gasteiger partial charge in [-0.25, -0.2) is 8.42 Å². The van der Waals surface area contributed by atoms with Crippen LogP contribution in [0.3, 0.4) is 0 Å². The zero-order valence-corrected chi connectivity index (χ0v) is 15.1. The van der Waals surface area contributed by atoms with Crippen LogP contribution in [0, 0.1) is 6.92 Å². The van der Waals surface area contributed by atoms with Crippen LogP contribution in [0.5, 0.6) is 0 Å². The van der Waals surface area contributed by atoms with Gasteiger partial charge in [0.05, 0.1) is 4.90 Å². The predicted molar refractivity (Wildman–Crippen MR) is 99.7 cm³/mol. The van der Waals surface area contributed by atoms with E-state index in [1.165, 1.54) is 4.31 Å². The van der Waals surface area contributed by atoms with E-state index in [2.05, 4.69) is 0 Å². The van der Waals surface area contributed by atoms with E-state index in [9.17, 15) is 13.5 Å². The van der Waals surface area contributed by atoms with Crippen molar-refractivity contribution in [3.8, 4) is 0 Å². The van der Waals surface area contributed by atoms with Crippen LogP contribution in [0.2, 0.25) is 0 Å². The lowest BCUT2D eigenvalue weighted by atomic mass is 10.0. The molecule has 0 spiro atoms. The number of aryl methyl sites for hydroxylation is 1. The van der Waals surface area contributed by atoms with Crippen LogP contribution in [-0.2, 0) is 15.7 Å². The molecule has 1 heterocycles. The van der Waals surface area contributed by atoms with Gasteiger partial charge >= 0.3 is 0 Å². The Morgan fingerprint density at radius 2 is 1.38 bits per heavy atom. The Bertz CT molecular complexity index is 1020. The minimum atomic E-state index is -3.85. The fraction of sp³-hybridized carbons (Fsp3) is 0.143. The summed E-state index contributed by atoms with van der Waals surface area (Å²) in [6.07, 6.45) is 0. The van der Waals surface area contributed by atoms with Crippen molar-refractivity contribution in [3.63, 3.8) is 0 Å². The number of hydrogen-bond donors (Lipinski definition) is 1. The first-order valence-electron chi connectivity index (χ1n) is 8.40.